The normalized spacial score (nSPS) is 11.8. The van der Waals surface area contributed by atoms with E-state index >= 15 is 0 Å². The van der Waals surface area contributed by atoms with Gasteiger partial charge in [-0.25, -0.2) is 4.39 Å². The van der Waals surface area contributed by atoms with Crippen LogP contribution in [0.25, 0.3) is 6.08 Å². The van der Waals surface area contributed by atoms with Crippen LogP contribution in [0.2, 0.25) is 0 Å². The molecule has 0 aromatic heterocycles. The van der Waals surface area contributed by atoms with Gasteiger partial charge in [-0.05, 0) is 77.9 Å². The summed E-state index contributed by atoms with van der Waals surface area (Å²) in [6.07, 6.45) is 1.60. The molecule has 0 spiro atoms. The summed E-state index contributed by atoms with van der Waals surface area (Å²) in [5.41, 5.74) is 2.41. The Bertz CT molecular complexity index is 1890. The molecule has 0 bridgehead atoms. The van der Waals surface area contributed by atoms with Crippen LogP contribution in [0.1, 0.15) is 26.7 Å². The van der Waals surface area contributed by atoms with Crippen molar-refractivity contribution in [3.8, 4) is 0 Å². The van der Waals surface area contributed by atoms with Crippen LogP contribution in [0.3, 0.4) is 0 Å². The van der Waals surface area contributed by atoms with E-state index in [0.29, 0.717) is 26.2 Å². The molecule has 46 heavy (non-hydrogen) atoms. The number of halogens is 3. The van der Waals surface area contributed by atoms with Gasteiger partial charge in [-0.15, -0.1) is 11.8 Å². The van der Waals surface area contributed by atoms with Gasteiger partial charge in [0.2, 0.25) is 5.91 Å². The molecular weight excluding hydrogens is 733 g/mol. The third-order valence-corrected chi connectivity index (χ3v) is 8.86. The highest BCUT2D eigenvalue weighted by atomic mass is 79.9. The van der Waals surface area contributed by atoms with Gasteiger partial charge >= 0.3 is 0 Å². The number of anilines is 2. The van der Waals surface area contributed by atoms with Crippen molar-refractivity contribution in [3.63, 3.8) is 0 Å². The highest BCUT2D eigenvalue weighted by Gasteiger charge is 2.24. The minimum Gasteiger partial charge on any atom is -0.322 e. The number of carbonyl (C=O) groups is 3. The van der Waals surface area contributed by atoms with Crippen molar-refractivity contribution < 1.29 is 18.8 Å². The first-order valence-corrected chi connectivity index (χ1v) is 16.4. The molecule has 0 aliphatic rings. The Balaban J connectivity index is 1.38. The molecule has 10 heteroatoms. The zero-order valence-corrected chi connectivity index (χ0v) is 28.0. The summed E-state index contributed by atoms with van der Waals surface area (Å²) in [5.74, 6) is -1.93. The SMILES string of the molecule is O=C(Nc1cccc(SC(C(=O)Nc2ccc(Br)cc2F)c2ccccc2)c1)/C(=C/c1ccc(Br)cc1)NC(=O)c1ccccc1. The topological polar surface area (TPSA) is 87.3 Å². The van der Waals surface area contributed by atoms with Crippen molar-refractivity contribution in [1.82, 2.24) is 5.32 Å². The standard InChI is InChI=1S/C36H26Br2FN3O3S/c37-26-16-14-23(15-17-26)20-32(42-34(43)25-10-5-2-6-11-25)35(44)40-28-12-7-13-29(22-28)46-33(24-8-3-1-4-9-24)36(45)41-31-19-18-27(38)21-30(31)39/h1-22,33H,(H,40,44)(H,41,45)(H,42,43)/b32-20-. The summed E-state index contributed by atoms with van der Waals surface area (Å²) in [6.45, 7) is 0. The van der Waals surface area contributed by atoms with Crippen LogP contribution in [0.15, 0.2) is 147 Å². The highest BCUT2D eigenvalue weighted by molar-refractivity contribution is 9.10. The Morgan fingerprint density at radius 1 is 0.717 bits per heavy atom. The molecule has 6 nitrogen and oxygen atoms in total. The number of nitrogens with one attached hydrogen (secondary N) is 3. The van der Waals surface area contributed by atoms with E-state index in [0.717, 1.165) is 10.0 Å². The second kappa shape index (κ2) is 15.7. The third-order valence-electron chi connectivity index (χ3n) is 6.59. The molecule has 3 N–H and O–H groups in total. The Hall–Kier alpha value is -4.51. The highest BCUT2D eigenvalue weighted by Crippen LogP contribution is 2.37. The molecule has 1 unspecified atom stereocenters. The zero-order chi connectivity index (χ0) is 32.5. The molecule has 5 aromatic carbocycles. The van der Waals surface area contributed by atoms with Crippen LogP contribution in [-0.2, 0) is 9.59 Å². The molecule has 5 rings (SSSR count). The van der Waals surface area contributed by atoms with Crippen LogP contribution in [-0.4, -0.2) is 17.7 Å². The van der Waals surface area contributed by atoms with Gasteiger partial charge in [0.15, 0.2) is 0 Å². The first-order valence-electron chi connectivity index (χ1n) is 14.0. The number of thioether (sulfide) groups is 1. The summed E-state index contributed by atoms with van der Waals surface area (Å²) in [6, 6.07) is 36.6. The van der Waals surface area contributed by atoms with Crippen LogP contribution in [0.5, 0.6) is 0 Å². The van der Waals surface area contributed by atoms with Gasteiger partial charge in [-0.1, -0.05) is 98.6 Å². The Morgan fingerprint density at radius 3 is 2.09 bits per heavy atom. The van der Waals surface area contributed by atoms with Crippen LogP contribution in [0, 0.1) is 5.82 Å². The lowest BCUT2D eigenvalue weighted by Crippen LogP contribution is -2.30. The van der Waals surface area contributed by atoms with E-state index in [1.54, 1.807) is 60.7 Å². The molecule has 0 saturated carbocycles. The van der Waals surface area contributed by atoms with E-state index in [1.807, 2.05) is 60.7 Å². The van der Waals surface area contributed by atoms with Crippen LogP contribution < -0.4 is 16.0 Å². The van der Waals surface area contributed by atoms with Crippen LogP contribution in [0.4, 0.5) is 15.8 Å². The molecule has 1 atom stereocenters. The van der Waals surface area contributed by atoms with Gasteiger partial charge < -0.3 is 16.0 Å². The molecule has 0 fully saturated rings. The largest absolute Gasteiger partial charge is 0.322 e. The van der Waals surface area contributed by atoms with E-state index in [4.69, 9.17) is 0 Å². The number of amides is 3. The lowest BCUT2D eigenvalue weighted by Gasteiger charge is -2.18. The van der Waals surface area contributed by atoms with E-state index < -0.39 is 28.8 Å². The van der Waals surface area contributed by atoms with Crippen molar-refractivity contribution in [2.75, 3.05) is 10.6 Å². The lowest BCUT2D eigenvalue weighted by atomic mass is 10.1. The van der Waals surface area contributed by atoms with Crippen molar-refractivity contribution in [1.29, 1.82) is 0 Å². The molecule has 0 radical (unpaired) electrons. The van der Waals surface area contributed by atoms with E-state index in [1.165, 1.54) is 23.9 Å². The molecular formula is C36H26Br2FN3O3S. The van der Waals surface area contributed by atoms with Gasteiger partial charge in [0, 0.05) is 25.1 Å². The lowest BCUT2D eigenvalue weighted by molar-refractivity contribution is -0.116. The number of hydrogen-bond acceptors (Lipinski definition) is 4. The fourth-order valence-electron chi connectivity index (χ4n) is 4.34. The third kappa shape index (κ3) is 9.03. The minimum absolute atomic E-state index is 0.0484. The predicted molar refractivity (Wildman–Crippen MR) is 189 cm³/mol. The molecule has 3 amide bonds. The maximum Gasteiger partial charge on any atom is 0.272 e. The maximum atomic E-state index is 14.5. The summed E-state index contributed by atoms with van der Waals surface area (Å²) >= 11 is 7.90. The minimum atomic E-state index is -0.728. The monoisotopic (exact) mass is 757 g/mol. The number of benzene rings is 5. The molecule has 230 valence electrons. The van der Waals surface area contributed by atoms with E-state index in [9.17, 15) is 18.8 Å². The smallest absolute Gasteiger partial charge is 0.272 e. The van der Waals surface area contributed by atoms with Crippen LogP contribution >= 0.6 is 43.6 Å². The molecule has 0 aliphatic carbocycles. The van der Waals surface area contributed by atoms with Crippen molar-refractivity contribution in [3.05, 3.63) is 165 Å². The first kappa shape index (κ1) is 32.9. The predicted octanol–water partition coefficient (Wildman–Crippen LogP) is 9.23. The fraction of sp³-hybridized carbons (Fsp3) is 0.0278. The Labute approximate surface area is 286 Å². The van der Waals surface area contributed by atoms with Gasteiger partial charge in [0.25, 0.3) is 11.8 Å². The summed E-state index contributed by atoms with van der Waals surface area (Å²) in [5, 5.41) is 7.58. The summed E-state index contributed by atoms with van der Waals surface area (Å²) in [4.78, 5) is 40.7. The van der Waals surface area contributed by atoms with Crippen molar-refractivity contribution in [2.45, 2.75) is 10.1 Å². The average Bonchev–Trinajstić information content (AvgIpc) is 3.06. The van der Waals surface area contributed by atoms with Crippen molar-refractivity contribution >= 4 is 78.8 Å². The molecule has 0 aliphatic heterocycles. The van der Waals surface area contributed by atoms with E-state index in [-0.39, 0.29) is 11.4 Å². The van der Waals surface area contributed by atoms with Gasteiger partial charge in [0.05, 0.1) is 5.69 Å². The number of carbonyl (C=O) groups excluding carboxylic acids is 3. The summed E-state index contributed by atoms with van der Waals surface area (Å²) < 4.78 is 16.0. The van der Waals surface area contributed by atoms with Gasteiger partial charge in [0.1, 0.15) is 16.8 Å². The zero-order valence-electron chi connectivity index (χ0n) is 24.0. The number of hydrogen-bond donors (Lipinski definition) is 3. The second-order valence-corrected chi connectivity index (χ2v) is 12.9. The second-order valence-electron chi connectivity index (χ2n) is 9.93. The van der Waals surface area contributed by atoms with E-state index in [2.05, 4.69) is 47.8 Å². The summed E-state index contributed by atoms with van der Waals surface area (Å²) in [7, 11) is 0. The Kier molecular flexibility index (Phi) is 11.2. The van der Waals surface area contributed by atoms with Gasteiger partial charge in [-0.2, -0.15) is 0 Å². The van der Waals surface area contributed by atoms with Gasteiger partial charge in [-0.3, -0.25) is 14.4 Å². The maximum absolute atomic E-state index is 14.5. The molecule has 0 heterocycles. The molecule has 0 saturated heterocycles. The molecule has 5 aromatic rings. The first-order chi connectivity index (χ1) is 22.2. The number of rotatable bonds is 10. The van der Waals surface area contributed by atoms with Crippen molar-refractivity contribution in [2.24, 2.45) is 0 Å². The Morgan fingerprint density at radius 2 is 1.39 bits per heavy atom. The average molecular weight is 759 g/mol. The fourth-order valence-corrected chi connectivity index (χ4v) is 6.02. The quantitative estimate of drug-likeness (QED) is 0.0980.